The second kappa shape index (κ2) is 7.03. The van der Waals surface area contributed by atoms with Gasteiger partial charge in [-0.3, -0.25) is 10.1 Å². The molecule has 1 aliphatic heterocycles. The third-order valence-corrected chi connectivity index (χ3v) is 7.18. The molecule has 0 aromatic heterocycles. The first kappa shape index (κ1) is 17.7. The molecular weight excluding hydrogens is 364 g/mol. The summed E-state index contributed by atoms with van der Waals surface area (Å²) < 4.78 is 32.4. The zero-order valence-corrected chi connectivity index (χ0v) is 15.0. The summed E-state index contributed by atoms with van der Waals surface area (Å²) in [7, 11) is -2.15. The molecule has 1 saturated heterocycles. The van der Waals surface area contributed by atoms with Crippen molar-refractivity contribution in [2.75, 3.05) is 19.4 Å². The Morgan fingerprint density at radius 1 is 1.16 bits per heavy atom. The van der Waals surface area contributed by atoms with E-state index in [9.17, 15) is 18.5 Å². The van der Waals surface area contributed by atoms with Crippen molar-refractivity contribution in [1.82, 2.24) is 4.31 Å². The average molecular weight is 380 g/mol. The van der Waals surface area contributed by atoms with Crippen LogP contribution < -0.4 is 4.74 Å². The van der Waals surface area contributed by atoms with Crippen LogP contribution in [0.4, 0.5) is 5.69 Å². The van der Waals surface area contributed by atoms with Crippen molar-refractivity contribution in [2.24, 2.45) is 0 Å². The van der Waals surface area contributed by atoms with Gasteiger partial charge in [-0.15, -0.1) is 11.8 Å². The first-order valence-electron chi connectivity index (χ1n) is 7.45. The third-order valence-electron chi connectivity index (χ3n) is 3.90. The van der Waals surface area contributed by atoms with Crippen molar-refractivity contribution in [3.05, 3.63) is 64.2 Å². The van der Waals surface area contributed by atoms with Crippen molar-refractivity contribution in [1.29, 1.82) is 0 Å². The summed E-state index contributed by atoms with van der Waals surface area (Å²) in [6, 6.07) is 12.3. The normalized spacial score (nSPS) is 18.2. The van der Waals surface area contributed by atoms with E-state index in [0.717, 1.165) is 5.56 Å². The summed E-state index contributed by atoms with van der Waals surface area (Å²) in [5, 5.41) is 10.4. The summed E-state index contributed by atoms with van der Waals surface area (Å²) in [6.45, 7) is 0.390. The SMILES string of the molecule is COc1ccc(S(=O)(=O)N2CCSC2c2ccc([N+](=O)[O-])cc2)cc1. The van der Waals surface area contributed by atoms with Gasteiger partial charge in [0.05, 0.1) is 22.3 Å². The van der Waals surface area contributed by atoms with E-state index in [1.54, 1.807) is 24.3 Å². The van der Waals surface area contributed by atoms with Crippen molar-refractivity contribution < 1.29 is 18.1 Å². The highest BCUT2D eigenvalue weighted by Gasteiger charge is 2.37. The van der Waals surface area contributed by atoms with Gasteiger partial charge in [-0.1, -0.05) is 0 Å². The molecule has 2 aromatic rings. The molecule has 0 N–H and O–H groups in total. The predicted octanol–water partition coefficient (Wildman–Crippen LogP) is 3.04. The Hall–Kier alpha value is -2.10. The second-order valence-electron chi connectivity index (χ2n) is 5.36. The molecule has 3 rings (SSSR count). The van der Waals surface area contributed by atoms with Crippen LogP contribution >= 0.6 is 11.8 Å². The number of hydrogen-bond acceptors (Lipinski definition) is 6. The Morgan fingerprint density at radius 2 is 1.80 bits per heavy atom. The van der Waals surface area contributed by atoms with Crippen LogP contribution in [0.1, 0.15) is 10.9 Å². The van der Waals surface area contributed by atoms with Gasteiger partial charge in [-0.25, -0.2) is 8.42 Å². The fourth-order valence-electron chi connectivity index (χ4n) is 2.61. The molecule has 1 heterocycles. The van der Waals surface area contributed by atoms with E-state index in [2.05, 4.69) is 0 Å². The molecule has 9 heteroatoms. The molecule has 0 aliphatic carbocycles. The molecule has 1 fully saturated rings. The number of methoxy groups -OCH3 is 1. The van der Waals surface area contributed by atoms with E-state index in [1.807, 2.05) is 0 Å². The minimum atomic E-state index is -3.66. The van der Waals surface area contributed by atoms with Crippen LogP contribution in [0.15, 0.2) is 53.4 Å². The van der Waals surface area contributed by atoms with Crippen LogP contribution in [-0.4, -0.2) is 37.1 Å². The minimum absolute atomic E-state index is 0.0173. The van der Waals surface area contributed by atoms with Crippen LogP contribution in [0.2, 0.25) is 0 Å². The zero-order valence-electron chi connectivity index (χ0n) is 13.4. The van der Waals surface area contributed by atoms with Crippen LogP contribution in [0.3, 0.4) is 0 Å². The lowest BCUT2D eigenvalue weighted by Gasteiger charge is -2.23. The van der Waals surface area contributed by atoms with E-state index in [-0.39, 0.29) is 10.6 Å². The summed E-state index contributed by atoms with van der Waals surface area (Å²) in [5.41, 5.74) is 0.710. The first-order chi connectivity index (χ1) is 11.9. The van der Waals surface area contributed by atoms with Gasteiger partial charge in [0.2, 0.25) is 10.0 Å². The lowest BCUT2D eigenvalue weighted by molar-refractivity contribution is -0.384. The minimum Gasteiger partial charge on any atom is -0.497 e. The summed E-state index contributed by atoms with van der Waals surface area (Å²) in [6.07, 6.45) is 0. The lowest BCUT2D eigenvalue weighted by atomic mass is 10.2. The molecule has 0 saturated carbocycles. The van der Waals surface area contributed by atoms with Gasteiger partial charge in [0, 0.05) is 24.4 Å². The number of non-ortho nitro benzene ring substituents is 1. The van der Waals surface area contributed by atoms with E-state index in [0.29, 0.717) is 18.0 Å². The molecule has 132 valence electrons. The van der Waals surface area contributed by atoms with E-state index >= 15 is 0 Å². The number of sulfonamides is 1. The zero-order chi connectivity index (χ0) is 18.0. The molecule has 1 aliphatic rings. The van der Waals surface area contributed by atoms with E-state index in [4.69, 9.17) is 4.74 Å². The molecule has 1 unspecified atom stereocenters. The Labute approximate surface area is 149 Å². The van der Waals surface area contributed by atoms with Crippen LogP contribution in [0.25, 0.3) is 0 Å². The average Bonchev–Trinajstić information content (AvgIpc) is 3.12. The molecule has 1 atom stereocenters. The second-order valence-corrected chi connectivity index (χ2v) is 8.44. The molecular formula is C16H16N2O5S2. The Kier molecular flexibility index (Phi) is 4.98. The third kappa shape index (κ3) is 3.48. The number of benzene rings is 2. The summed E-state index contributed by atoms with van der Waals surface area (Å²) in [5.74, 6) is 1.25. The Morgan fingerprint density at radius 3 is 2.36 bits per heavy atom. The predicted molar refractivity (Wildman–Crippen MR) is 95.2 cm³/mol. The van der Waals surface area contributed by atoms with Crippen molar-refractivity contribution in [2.45, 2.75) is 10.3 Å². The standard InChI is InChI=1S/C16H16N2O5S2/c1-23-14-6-8-15(9-7-14)25(21,22)17-10-11-24-16(17)12-2-4-13(5-3-12)18(19)20/h2-9,16H,10-11H2,1H3. The van der Waals surface area contributed by atoms with Gasteiger partial charge in [0.1, 0.15) is 5.75 Å². The first-order valence-corrected chi connectivity index (χ1v) is 9.94. The molecule has 0 spiro atoms. The number of hydrogen-bond donors (Lipinski definition) is 0. The van der Waals surface area contributed by atoms with Gasteiger partial charge in [-0.2, -0.15) is 4.31 Å². The van der Waals surface area contributed by atoms with Crippen molar-refractivity contribution >= 4 is 27.5 Å². The lowest BCUT2D eigenvalue weighted by Crippen LogP contribution is -2.30. The fourth-order valence-corrected chi connectivity index (χ4v) is 5.85. The van der Waals surface area contributed by atoms with Gasteiger partial charge >= 0.3 is 0 Å². The monoisotopic (exact) mass is 380 g/mol. The maximum Gasteiger partial charge on any atom is 0.269 e. The van der Waals surface area contributed by atoms with Gasteiger partial charge in [-0.05, 0) is 42.0 Å². The molecule has 2 aromatic carbocycles. The quantitative estimate of drug-likeness (QED) is 0.585. The van der Waals surface area contributed by atoms with Crippen molar-refractivity contribution in [3.8, 4) is 5.75 Å². The largest absolute Gasteiger partial charge is 0.497 e. The molecule has 7 nitrogen and oxygen atoms in total. The van der Waals surface area contributed by atoms with E-state index < -0.39 is 20.3 Å². The molecule has 25 heavy (non-hydrogen) atoms. The van der Waals surface area contributed by atoms with Crippen molar-refractivity contribution in [3.63, 3.8) is 0 Å². The van der Waals surface area contributed by atoms with Gasteiger partial charge in [0.15, 0.2) is 0 Å². The molecule has 0 radical (unpaired) electrons. The van der Waals surface area contributed by atoms with Crippen LogP contribution in [0.5, 0.6) is 5.75 Å². The fraction of sp³-hybridized carbons (Fsp3) is 0.250. The highest BCUT2D eigenvalue weighted by atomic mass is 32.2. The number of rotatable bonds is 5. The highest BCUT2D eigenvalue weighted by molar-refractivity contribution is 8.01. The Bertz CT molecular complexity index is 866. The molecule has 0 bridgehead atoms. The van der Waals surface area contributed by atoms with Crippen LogP contribution in [-0.2, 0) is 10.0 Å². The summed E-state index contributed by atoms with van der Waals surface area (Å²) >= 11 is 1.50. The smallest absolute Gasteiger partial charge is 0.269 e. The summed E-state index contributed by atoms with van der Waals surface area (Å²) in [4.78, 5) is 10.5. The maximum absolute atomic E-state index is 13.0. The van der Waals surface area contributed by atoms with Crippen LogP contribution in [0, 0.1) is 10.1 Å². The van der Waals surface area contributed by atoms with E-state index in [1.165, 1.54) is 47.4 Å². The molecule has 0 amide bonds. The number of nitrogens with zero attached hydrogens (tertiary/aromatic N) is 2. The highest BCUT2D eigenvalue weighted by Crippen LogP contribution is 2.41. The maximum atomic E-state index is 13.0. The number of thioether (sulfide) groups is 1. The number of nitro benzene ring substituents is 1. The Balaban J connectivity index is 1.90. The number of ether oxygens (including phenoxy) is 1. The topological polar surface area (TPSA) is 89.8 Å². The van der Waals surface area contributed by atoms with Gasteiger partial charge in [0.25, 0.3) is 5.69 Å². The van der Waals surface area contributed by atoms with Gasteiger partial charge < -0.3 is 4.74 Å². The number of nitro groups is 1.